The molecule has 1 unspecified atom stereocenters. The summed E-state index contributed by atoms with van der Waals surface area (Å²) in [4.78, 5) is 18.6. The first-order chi connectivity index (χ1) is 14.7. The molecule has 2 aromatic heterocycles. The van der Waals surface area contributed by atoms with E-state index in [1.54, 1.807) is 7.11 Å². The molecule has 0 bridgehead atoms. The zero-order valence-electron chi connectivity index (χ0n) is 17.4. The van der Waals surface area contributed by atoms with E-state index in [9.17, 15) is 4.79 Å². The lowest BCUT2D eigenvalue weighted by Gasteiger charge is -2.34. The average molecular weight is 409 g/mol. The van der Waals surface area contributed by atoms with Crippen LogP contribution in [0.2, 0.25) is 0 Å². The van der Waals surface area contributed by atoms with Crippen LogP contribution < -0.4 is 10.3 Å². The highest BCUT2D eigenvalue weighted by molar-refractivity contribution is 5.80. The predicted octanol–water partition coefficient (Wildman–Crippen LogP) is 3.21. The highest BCUT2D eigenvalue weighted by atomic mass is 16.5. The van der Waals surface area contributed by atoms with Crippen LogP contribution in [-0.4, -0.2) is 50.3 Å². The molecule has 30 heavy (non-hydrogen) atoms. The molecule has 1 saturated heterocycles. The van der Waals surface area contributed by atoms with Gasteiger partial charge in [0.25, 0.3) is 5.56 Å². The molecule has 0 spiro atoms. The third-order valence-corrected chi connectivity index (χ3v) is 6.56. The zero-order valence-corrected chi connectivity index (χ0v) is 17.4. The standard InChI is InChI=1S/C22H28N6O2/c1-30-17-9-10-19-15(13-17)14-18(22(29)23-19)20(27-11-5-2-6-12-27)21-24-25-26-28(21)16-7-3-4-8-16/h9-10,13-14,16,20H,2-8,11-12H2,1H3,(H,23,29). The van der Waals surface area contributed by atoms with Crippen LogP contribution in [0.4, 0.5) is 0 Å². The molecule has 1 aliphatic heterocycles. The Balaban J connectivity index is 1.65. The van der Waals surface area contributed by atoms with Gasteiger partial charge in [0.2, 0.25) is 0 Å². The van der Waals surface area contributed by atoms with Gasteiger partial charge in [0, 0.05) is 16.5 Å². The number of hydrogen-bond acceptors (Lipinski definition) is 6. The number of hydrogen-bond donors (Lipinski definition) is 1. The third kappa shape index (κ3) is 3.49. The number of nitrogens with zero attached hydrogens (tertiary/aromatic N) is 5. The van der Waals surface area contributed by atoms with Gasteiger partial charge in [-0.2, -0.15) is 0 Å². The van der Waals surface area contributed by atoms with E-state index in [-0.39, 0.29) is 11.6 Å². The fourth-order valence-electron chi connectivity index (χ4n) is 5.00. The van der Waals surface area contributed by atoms with E-state index in [0.29, 0.717) is 11.6 Å². The van der Waals surface area contributed by atoms with Crippen molar-refractivity contribution in [1.82, 2.24) is 30.1 Å². The molecule has 5 rings (SSSR count). The molecule has 3 aromatic rings. The fourth-order valence-corrected chi connectivity index (χ4v) is 5.00. The summed E-state index contributed by atoms with van der Waals surface area (Å²) in [6.45, 7) is 1.88. The maximum Gasteiger partial charge on any atom is 0.253 e. The first-order valence-electron chi connectivity index (χ1n) is 11.0. The van der Waals surface area contributed by atoms with Gasteiger partial charge >= 0.3 is 0 Å². The van der Waals surface area contributed by atoms with Crippen LogP contribution in [0, 0.1) is 0 Å². The van der Waals surface area contributed by atoms with E-state index in [0.717, 1.165) is 61.2 Å². The van der Waals surface area contributed by atoms with Gasteiger partial charge in [0.1, 0.15) is 11.8 Å². The number of pyridine rings is 1. The Morgan fingerprint density at radius 2 is 1.90 bits per heavy atom. The Morgan fingerprint density at radius 1 is 1.10 bits per heavy atom. The summed E-state index contributed by atoms with van der Waals surface area (Å²) in [6, 6.07) is 7.77. The maximum absolute atomic E-state index is 13.2. The van der Waals surface area contributed by atoms with Crippen LogP contribution >= 0.6 is 0 Å². The van der Waals surface area contributed by atoms with Crippen molar-refractivity contribution >= 4 is 10.9 Å². The van der Waals surface area contributed by atoms with Gasteiger partial charge in [-0.05, 0) is 73.5 Å². The number of fused-ring (bicyclic) bond motifs is 1. The van der Waals surface area contributed by atoms with Crippen molar-refractivity contribution in [1.29, 1.82) is 0 Å². The Kier molecular flexibility index (Phi) is 5.25. The molecule has 1 atom stereocenters. The van der Waals surface area contributed by atoms with Crippen LogP contribution in [0.15, 0.2) is 29.1 Å². The van der Waals surface area contributed by atoms with Crippen molar-refractivity contribution in [2.75, 3.05) is 20.2 Å². The van der Waals surface area contributed by atoms with Crippen LogP contribution in [0.3, 0.4) is 0 Å². The van der Waals surface area contributed by atoms with Crippen molar-refractivity contribution < 1.29 is 4.74 Å². The quantitative estimate of drug-likeness (QED) is 0.697. The lowest BCUT2D eigenvalue weighted by Crippen LogP contribution is -2.38. The topological polar surface area (TPSA) is 88.9 Å². The number of H-pyrrole nitrogens is 1. The second kappa shape index (κ2) is 8.18. The van der Waals surface area contributed by atoms with Gasteiger partial charge in [-0.1, -0.05) is 19.3 Å². The SMILES string of the molecule is COc1ccc2[nH]c(=O)c(C(c3nnnn3C3CCCC3)N3CCCCC3)cc2c1. The summed E-state index contributed by atoms with van der Waals surface area (Å²) in [5.74, 6) is 1.56. The molecule has 1 N–H and O–H groups in total. The van der Waals surface area contributed by atoms with Gasteiger partial charge in [-0.25, -0.2) is 4.68 Å². The number of aromatic nitrogens is 5. The number of methoxy groups -OCH3 is 1. The summed E-state index contributed by atoms with van der Waals surface area (Å²) >= 11 is 0. The van der Waals surface area contributed by atoms with Gasteiger partial charge in [-0.3, -0.25) is 9.69 Å². The van der Waals surface area contributed by atoms with Gasteiger partial charge in [0.05, 0.1) is 13.2 Å². The molecule has 0 amide bonds. The van der Waals surface area contributed by atoms with E-state index in [1.165, 1.54) is 19.3 Å². The number of ether oxygens (including phenoxy) is 1. The van der Waals surface area contributed by atoms with Crippen molar-refractivity contribution in [3.8, 4) is 5.75 Å². The van der Waals surface area contributed by atoms with Crippen LogP contribution in [-0.2, 0) is 0 Å². The van der Waals surface area contributed by atoms with Crippen LogP contribution in [0.1, 0.15) is 68.4 Å². The number of likely N-dealkylation sites (tertiary alicyclic amines) is 1. The largest absolute Gasteiger partial charge is 0.497 e. The molecule has 158 valence electrons. The molecular weight excluding hydrogens is 380 g/mol. The Hall–Kier alpha value is -2.74. The van der Waals surface area contributed by atoms with Gasteiger partial charge in [0.15, 0.2) is 5.82 Å². The highest BCUT2D eigenvalue weighted by Gasteiger charge is 2.33. The molecule has 3 heterocycles. The van der Waals surface area contributed by atoms with Crippen LogP contribution in [0.5, 0.6) is 5.75 Å². The minimum atomic E-state index is -0.250. The number of piperidine rings is 1. The van der Waals surface area contributed by atoms with Crippen molar-refractivity contribution in [2.24, 2.45) is 0 Å². The van der Waals surface area contributed by atoms with Crippen molar-refractivity contribution in [3.05, 3.63) is 46.0 Å². The second-order valence-corrected chi connectivity index (χ2v) is 8.43. The van der Waals surface area contributed by atoms with Crippen LogP contribution in [0.25, 0.3) is 10.9 Å². The summed E-state index contributed by atoms with van der Waals surface area (Å²) in [5.41, 5.74) is 1.42. The predicted molar refractivity (Wildman–Crippen MR) is 114 cm³/mol. The Bertz CT molecular complexity index is 1080. The molecule has 8 nitrogen and oxygen atoms in total. The molecular formula is C22H28N6O2. The molecule has 8 heteroatoms. The molecule has 0 radical (unpaired) electrons. The molecule has 1 saturated carbocycles. The maximum atomic E-state index is 13.2. The zero-order chi connectivity index (χ0) is 20.5. The average Bonchev–Trinajstić information content (AvgIpc) is 3.47. The Labute approximate surface area is 175 Å². The summed E-state index contributed by atoms with van der Waals surface area (Å²) in [5, 5.41) is 13.8. The van der Waals surface area contributed by atoms with Gasteiger partial charge < -0.3 is 9.72 Å². The number of tetrazole rings is 1. The monoisotopic (exact) mass is 408 g/mol. The molecule has 1 aromatic carbocycles. The lowest BCUT2D eigenvalue weighted by molar-refractivity contribution is 0.174. The first-order valence-corrected chi connectivity index (χ1v) is 11.0. The smallest absolute Gasteiger partial charge is 0.253 e. The Morgan fingerprint density at radius 3 is 2.67 bits per heavy atom. The first kappa shape index (κ1) is 19.2. The van der Waals surface area contributed by atoms with E-state index in [2.05, 4.69) is 25.4 Å². The summed E-state index contributed by atoms with van der Waals surface area (Å²) in [7, 11) is 1.65. The lowest BCUT2D eigenvalue weighted by atomic mass is 10.00. The number of benzene rings is 1. The van der Waals surface area contributed by atoms with E-state index in [4.69, 9.17) is 4.74 Å². The molecule has 1 aliphatic carbocycles. The minimum absolute atomic E-state index is 0.0794. The number of rotatable bonds is 5. The molecule has 2 aliphatic rings. The van der Waals surface area contributed by atoms with Gasteiger partial charge in [-0.15, -0.1) is 5.10 Å². The fraction of sp³-hybridized carbons (Fsp3) is 0.545. The minimum Gasteiger partial charge on any atom is -0.497 e. The van der Waals surface area contributed by atoms with E-state index >= 15 is 0 Å². The molecule has 2 fully saturated rings. The second-order valence-electron chi connectivity index (χ2n) is 8.43. The highest BCUT2D eigenvalue weighted by Crippen LogP contribution is 2.35. The van der Waals surface area contributed by atoms with Crippen molar-refractivity contribution in [3.63, 3.8) is 0 Å². The summed E-state index contributed by atoms with van der Waals surface area (Å²) < 4.78 is 7.38. The van der Waals surface area contributed by atoms with E-state index < -0.39 is 0 Å². The number of nitrogens with one attached hydrogen (secondary N) is 1. The van der Waals surface area contributed by atoms with Crippen molar-refractivity contribution in [2.45, 2.75) is 57.0 Å². The normalized spacial score (nSPS) is 19.4. The third-order valence-electron chi connectivity index (χ3n) is 6.56. The number of aromatic amines is 1. The van der Waals surface area contributed by atoms with E-state index in [1.807, 2.05) is 28.9 Å². The summed E-state index contributed by atoms with van der Waals surface area (Å²) in [6.07, 6.45) is 8.07.